The Hall–Kier alpha value is -0.0800. The van der Waals surface area contributed by atoms with E-state index >= 15 is 0 Å². The van der Waals surface area contributed by atoms with Crippen LogP contribution in [0.1, 0.15) is 64.7 Å². The first-order valence-corrected chi connectivity index (χ1v) is 6.17. The Balaban J connectivity index is 2.92. The second-order valence-corrected chi connectivity index (χ2v) is 4.21. The van der Waals surface area contributed by atoms with E-state index in [1.165, 1.54) is 51.4 Å². The SMILES string of the molecule is CCCCCCCCCC[C@@H](N)CO. The largest absolute Gasteiger partial charge is 0.395 e. The zero-order valence-electron chi connectivity index (χ0n) is 9.67. The van der Waals surface area contributed by atoms with Gasteiger partial charge in [0.05, 0.1) is 6.61 Å². The Morgan fingerprint density at radius 1 is 0.929 bits per heavy atom. The fraction of sp³-hybridized carbons (Fsp3) is 1.00. The molecule has 0 aromatic rings. The molecule has 0 heterocycles. The molecule has 0 amide bonds. The highest BCUT2D eigenvalue weighted by Crippen LogP contribution is 2.09. The van der Waals surface area contributed by atoms with Crippen LogP contribution in [0.25, 0.3) is 0 Å². The zero-order valence-corrected chi connectivity index (χ0v) is 9.67. The average molecular weight is 201 g/mol. The van der Waals surface area contributed by atoms with Gasteiger partial charge >= 0.3 is 0 Å². The molecular formula is C12H27NO. The van der Waals surface area contributed by atoms with Crippen molar-refractivity contribution in [3.8, 4) is 0 Å². The van der Waals surface area contributed by atoms with Gasteiger partial charge in [-0.1, -0.05) is 58.3 Å². The molecule has 2 heteroatoms. The summed E-state index contributed by atoms with van der Waals surface area (Å²) < 4.78 is 0. The fourth-order valence-electron chi connectivity index (χ4n) is 1.63. The summed E-state index contributed by atoms with van der Waals surface area (Å²) in [7, 11) is 0. The van der Waals surface area contributed by atoms with Crippen molar-refractivity contribution < 1.29 is 5.11 Å². The van der Waals surface area contributed by atoms with Crippen molar-refractivity contribution in [3.63, 3.8) is 0 Å². The first-order chi connectivity index (χ1) is 6.81. The average Bonchev–Trinajstić information content (AvgIpc) is 2.21. The highest BCUT2D eigenvalue weighted by Gasteiger charge is 1.98. The van der Waals surface area contributed by atoms with Gasteiger partial charge in [0.15, 0.2) is 0 Å². The van der Waals surface area contributed by atoms with Crippen LogP contribution >= 0.6 is 0 Å². The lowest BCUT2D eigenvalue weighted by Crippen LogP contribution is -2.23. The van der Waals surface area contributed by atoms with E-state index in [1.54, 1.807) is 0 Å². The van der Waals surface area contributed by atoms with E-state index in [-0.39, 0.29) is 12.6 Å². The van der Waals surface area contributed by atoms with Crippen LogP contribution in [0.4, 0.5) is 0 Å². The van der Waals surface area contributed by atoms with Crippen LogP contribution in [0, 0.1) is 0 Å². The van der Waals surface area contributed by atoms with Crippen LogP contribution in [0.2, 0.25) is 0 Å². The summed E-state index contributed by atoms with van der Waals surface area (Å²) in [6, 6.07) is 0.00934. The summed E-state index contributed by atoms with van der Waals surface area (Å²) in [4.78, 5) is 0. The van der Waals surface area contributed by atoms with E-state index in [1.807, 2.05) is 0 Å². The molecule has 0 saturated carbocycles. The predicted molar refractivity (Wildman–Crippen MR) is 62.3 cm³/mol. The van der Waals surface area contributed by atoms with Crippen LogP contribution in [0.15, 0.2) is 0 Å². The first-order valence-electron chi connectivity index (χ1n) is 6.17. The normalized spacial score (nSPS) is 13.1. The predicted octanol–water partition coefficient (Wildman–Crippen LogP) is 2.84. The van der Waals surface area contributed by atoms with Gasteiger partial charge in [-0.25, -0.2) is 0 Å². The highest BCUT2D eigenvalue weighted by molar-refractivity contribution is 4.58. The van der Waals surface area contributed by atoms with Crippen molar-refractivity contribution in [2.75, 3.05) is 6.61 Å². The van der Waals surface area contributed by atoms with Gasteiger partial charge in [-0.05, 0) is 6.42 Å². The molecule has 0 bridgehead atoms. The minimum absolute atomic E-state index is 0.00934. The summed E-state index contributed by atoms with van der Waals surface area (Å²) in [6.07, 6.45) is 11.6. The van der Waals surface area contributed by atoms with Crippen LogP contribution in [-0.4, -0.2) is 17.8 Å². The molecule has 0 aromatic heterocycles. The molecule has 2 nitrogen and oxygen atoms in total. The number of hydrogen-bond acceptors (Lipinski definition) is 2. The lowest BCUT2D eigenvalue weighted by atomic mass is 10.1. The van der Waals surface area contributed by atoms with E-state index in [4.69, 9.17) is 10.8 Å². The third-order valence-electron chi connectivity index (χ3n) is 2.66. The Labute approximate surface area is 88.9 Å². The molecule has 0 aliphatic rings. The van der Waals surface area contributed by atoms with E-state index < -0.39 is 0 Å². The van der Waals surface area contributed by atoms with Crippen molar-refractivity contribution >= 4 is 0 Å². The highest BCUT2D eigenvalue weighted by atomic mass is 16.3. The quantitative estimate of drug-likeness (QED) is 0.534. The van der Waals surface area contributed by atoms with Crippen molar-refractivity contribution in [1.82, 2.24) is 0 Å². The maximum Gasteiger partial charge on any atom is 0.0582 e. The second-order valence-electron chi connectivity index (χ2n) is 4.21. The van der Waals surface area contributed by atoms with Gasteiger partial charge in [-0.2, -0.15) is 0 Å². The molecule has 0 radical (unpaired) electrons. The van der Waals surface area contributed by atoms with Crippen molar-refractivity contribution in [3.05, 3.63) is 0 Å². The standard InChI is InChI=1S/C12H27NO/c1-2-3-4-5-6-7-8-9-10-12(13)11-14/h12,14H,2-11,13H2,1H3/t12-/m1/s1. The monoisotopic (exact) mass is 201 g/mol. The van der Waals surface area contributed by atoms with Gasteiger partial charge in [-0.15, -0.1) is 0 Å². The number of hydrogen-bond donors (Lipinski definition) is 2. The Bertz CT molecular complexity index is 106. The number of unbranched alkanes of at least 4 members (excludes halogenated alkanes) is 7. The van der Waals surface area contributed by atoms with Gasteiger partial charge in [0.1, 0.15) is 0 Å². The molecule has 14 heavy (non-hydrogen) atoms. The van der Waals surface area contributed by atoms with Gasteiger partial charge in [0.25, 0.3) is 0 Å². The molecule has 0 fully saturated rings. The van der Waals surface area contributed by atoms with Gasteiger partial charge < -0.3 is 10.8 Å². The lowest BCUT2D eigenvalue weighted by Gasteiger charge is -2.06. The van der Waals surface area contributed by atoms with Crippen molar-refractivity contribution in [1.29, 1.82) is 0 Å². The Morgan fingerprint density at radius 3 is 1.93 bits per heavy atom. The summed E-state index contributed by atoms with van der Waals surface area (Å²) in [5, 5.41) is 8.71. The summed E-state index contributed by atoms with van der Waals surface area (Å²) in [6.45, 7) is 2.38. The van der Waals surface area contributed by atoms with Gasteiger partial charge in [0.2, 0.25) is 0 Å². The molecule has 0 aromatic carbocycles. The van der Waals surface area contributed by atoms with Crippen LogP contribution in [0.3, 0.4) is 0 Å². The van der Waals surface area contributed by atoms with Crippen molar-refractivity contribution in [2.24, 2.45) is 5.73 Å². The van der Waals surface area contributed by atoms with E-state index in [2.05, 4.69) is 6.92 Å². The minimum atomic E-state index is 0.00934. The minimum Gasteiger partial charge on any atom is -0.395 e. The van der Waals surface area contributed by atoms with E-state index in [0.717, 1.165) is 6.42 Å². The molecule has 0 saturated heterocycles. The molecule has 0 rings (SSSR count). The van der Waals surface area contributed by atoms with Gasteiger partial charge in [-0.3, -0.25) is 0 Å². The van der Waals surface area contributed by atoms with Crippen LogP contribution < -0.4 is 5.73 Å². The molecular weight excluding hydrogens is 174 g/mol. The first kappa shape index (κ1) is 13.9. The third kappa shape index (κ3) is 10.0. The molecule has 0 aliphatic heterocycles. The molecule has 1 atom stereocenters. The summed E-state index contributed by atoms with van der Waals surface area (Å²) in [5.41, 5.74) is 5.60. The maximum atomic E-state index is 8.71. The van der Waals surface area contributed by atoms with Crippen LogP contribution in [0.5, 0.6) is 0 Å². The maximum absolute atomic E-state index is 8.71. The topological polar surface area (TPSA) is 46.2 Å². The second kappa shape index (κ2) is 11.0. The fourth-order valence-corrected chi connectivity index (χ4v) is 1.63. The summed E-state index contributed by atoms with van der Waals surface area (Å²) in [5.74, 6) is 0. The van der Waals surface area contributed by atoms with Crippen LogP contribution in [-0.2, 0) is 0 Å². The van der Waals surface area contributed by atoms with E-state index in [0.29, 0.717) is 0 Å². The Morgan fingerprint density at radius 2 is 1.43 bits per heavy atom. The molecule has 0 spiro atoms. The third-order valence-corrected chi connectivity index (χ3v) is 2.66. The van der Waals surface area contributed by atoms with Crippen molar-refractivity contribution in [2.45, 2.75) is 70.8 Å². The number of aliphatic hydroxyl groups is 1. The number of aliphatic hydroxyl groups excluding tert-OH is 1. The number of nitrogens with two attached hydrogens (primary N) is 1. The Kier molecular flexibility index (Phi) is 10.9. The van der Waals surface area contributed by atoms with E-state index in [9.17, 15) is 0 Å². The smallest absolute Gasteiger partial charge is 0.0582 e. The van der Waals surface area contributed by atoms with Gasteiger partial charge in [0, 0.05) is 6.04 Å². The summed E-state index contributed by atoms with van der Waals surface area (Å²) >= 11 is 0. The number of rotatable bonds is 10. The lowest BCUT2D eigenvalue weighted by molar-refractivity contribution is 0.257. The molecule has 0 aliphatic carbocycles. The molecule has 3 N–H and O–H groups in total. The molecule has 86 valence electrons. The zero-order chi connectivity index (χ0) is 10.6. The molecule has 0 unspecified atom stereocenters.